The molecule has 0 aliphatic rings. The monoisotopic (exact) mass is 249 g/mol. The van der Waals surface area contributed by atoms with Crippen LogP contribution in [0.1, 0.15) is 44.0 Å². The number of benzene rings is 1. The quantitative estimate of drug-likeness (QED) is 0.602. The van der Waals surface area contributed by atoms with Crippen LogP contribution in [-0.4, -0.2) is 17.0 Å². The van der Waals surface area contributed by atoms with Crippen molar-refractivity contribution in [2.24, 2.45) is 11.8 Å². The van der Waals surface area contributed by atoms with Gasteiger partial charge in [-0.05, 0) is 42.5 Å². The molecule has 0 aromatic heterocycles. The van der Waals surface area contributed by atoms with Crippen molar-refractivity contribution in [1.29, 1.82) is 0 Å². The number of hydrogen-bond acceptors (Lipinski definition) is 3. The summed E-state index contributed by atoms with van der Waals surface area (Å²) in [5.74, 6) is 0.641. The van der Waals surface area contributed by atoms with Crippen LogP contribution in [0.4, 0.5) is 5.69 Å². The zero-order chi connectivity index (χ0) is 13.7. The van der Waals surface area contributed by atoms with Crippen molar-refractivity contribution in [3.63, 3.8) is 0 Å². The molecule has 0 amide bonds. The number of anilines is 1. The predicted molar refractivity (Wildman–Crippen MR) is 74.4 cm³/mol. The van der Waals surface area contributed by atoms with Crippen LogP contribution < -0.4 is 5.73 Å². The van der Waals surface area contributed by atoms with Gasteiger partial charge in [-0.3, -0.25) is 4.79 Å². The molecule has 0 spiro atoms. The van der Waals surface area contributed by atoms with Crippen molar-refractivity contribution in [2.45, 2.75) is 39.7 Å². The molecule has 2 unspecified atom stereocenters. The number of Topliss-reactive ketones (excluding diaryl/α,β-unsaturated/α-hetero) is 1. The van der Waals surface area contributed by atoms with Crippen molar-refractivity contribution in [2.75, 3.05) is 5.73 Å². The maximum atomic E-state index is 12.0. The Balaban J connectivity index is 2.56. The van der Waals surface area contributed by atoms with Gasteiger partial charge in [0.2, 0.25) is 0 Å². The fourth-order valence-corrected chi connectivity index (χ4v) is 2.08. The van der Waals surface area contributed by atoms with Gasteiger partial charge in [-0.1, -0.05) is 20.8 Å². The number of nitrogens with two attached hydrogens (primary N) is 1. The maximum Gasteiger partial charge on any atom is 0.165 e. The molecule has 18 heavy (non-hydrogen) atoms. The lowest BCUT2D eigenvalue weighted by atomic mass is 9.90. The predicted octanol–water partition coefficient (Wildman–Crippen LogP) is 2.88. The summed E-state index contributed by atoms with van der Waals surface area (Å²) >= 11 is 0. The number of ketones is 1. The highest BCUT2D eigenvalue weighted by molar-refractivity contribution is 5.96. The Labute approximate surface area is 109 Å². The van der Waals surface area contributed by atoms with Gasteiger partial charge in [0.1, 0.15) is 0 Å². The van der Waals surface area contributed by atoms with Gasteiger partial charge in [0, 0.05) is 17.7 Å². The Kier molecular flexibility index (Phi) is 5.35. The summed E-state index contributed by atoms with van der Waals surface area (Å²) in [4.78, 5) is 12.0. The van der Waals surface area contributed by atoms with Gasteiger partial charge in [0.15, 0.2) is 5.78 Å². The second-order valence-corrected chi connectivity index (χ2v) is 5.42. The minimum absolute atomic E-state index is 0.0295. The summed E-state index contributed by atoms with van der Waals surface area (Å²) in [7, 11) is 0. The van der Waals surface area contributed by atoms with Crippen molar-refractivity contribution in [1.82, 2.24) is 0 Å². The lowest BCUT2D eigenvalue weighted by Gasteiger charge is -2.20. The van der Waals surface area contributed by atoms with Gasteiger partial charge >= 0.3 is 0 Å². The molecule has 0 heterocycles. The van der Waals surface area contributed by atoms with Gasteiger partial charge < -0.3 is 10.8 Å². The number of carbonyl (C=O) groups excluding carboxylic acids is 1. The first-order valence-corrected chi connectivity index (χ1v) is 6.47. The van der Waals surface area contributed by atoms with E-state index in [-0.39, 0.29) is 18.1 Å². The van der Waals surface area contributed by atoms with Crippen LogP contribution in [-0.2, 0) is 0 Å². The topological polar surface area (TPSA) is 63.3 Å². The molecular formula is C15H23NO2. The second kappa shape index (κ2) is 6.55. The molecule has 0 bridgehead atoms. The third-order valence-corrected chi connectivity index (χ3v) is 3.13. The molecule has 2 atom stereocenters. The minimum atomic E-state index is -0.572. The zero-order valence-corrected chi connectivity index (χ0v) is 11.4. The summed E-state index contributed by atoms with van der Waals surface area (Å²) in [6.45, 7) is 6.22. The Morgan fingerprint density at radius 2 is 1.78 bits per heavy atom. The molecule has 0 radical (unpaired) electrons. The van der Waals surface area contributed by atoms with E-state index in [1.807, 2.05) is 6.92 Å². The van der Waals surface area contributed by atoms with Gasteiger partial charge in [-0.25, -0.2) is 0 Å². The fourth-order valence-electron chi connectivity index (χ4n) is 2.08. The third kappa shape index (κ3) is 4.49. The molecule has 3 N–H and O–H groups in total. The number of aliphatic hydroxyl groups excluding tert-OH is 1. The van der Waals surface area contributed by atoms with Crippen LogP contribution in [0, 0.1) is 11.8 Å². The van der Waals surface area contributed by atoms with Gasteiger partial charge in [0.25, 0.3) is 0 Å². The van der Waals surface area contributed by atoms with Gasteiger partial charge in [-0.2, -0.15) is 0 Å². The molecule has 1 aromatic rings. The average Bonchev–Trinajstić information content (AvgIpc) is 2.28. The molecule has 0 saturated heterocycles. The van der Waals surface area contributed by atoms with Crippen LogP contribution in [0.25, 0.3) is 0 Å². The van der Waals surface area contributed by atoms with Crippen LogP contribution >= 0.6 is 0 Å². The van der Waals surface area contributed by atoms with Gasteiger partial charge in [0.05, 0.1) is 6.10 Å². The minimum Gasteiger partial charge on any atom is -0.399 e. The van der Waals surface area contributed by atoms with E-state index in [0.717, 1.165) is 6.42 Å². The van der Waals surface area contributed by atoms with E-state index in [4.69, 9.17) is 5.73 Å². The Morgan fingerprint density at radius 3 is 2.28 bits per heavy atom. The van der Waals surface area contributed by atoms with Crippen LogP contribution in [0.15, 0.2) is 24.3 Å². The first-order valence-electron chi connectivity index (χ1n) is 6.47. The van der Waals surface area contributed by atoms with Crippen LogP contribution in [0.5, 0.6) is 0 Å². The fraction of sp³-hybridized carbons (Fsp3) is 0.533. The zero-order valence-electron chi connectivity index (χ0n) is 11.4. The highest BCUT2D eigenvalue weighted by Crippen LogP contribution is 2.19. The normalized spacial score (nSPS) is 14.5. The SMILES string of the molecule is CC(C)CC(C)C(O)CC(=O)c1ccc(N)cc1. The molecule has 0 aliphatic heterocycles. The highest BCUT2D eigenvalue weighted by Gasteiger charge is 2.19. The van der Waals surface area contributed by atoms with E-state index in [1.165, 1.54) is 0 Å². The number of carbonyl (C=O) groups is 1. The van der Waals surface area contributed by atoms with Crippen molar-refractivity contribution in [3.8, 4) is 0 Å². The largest absolute Gasteiger partial charge is 0.399 e. The van der Waals surface area contributed by atoms with Gasteiger partial charge in [-0.15, -0.1) is 0 Å². The van der Waals surface area contributed by atoms with E-state index in [2.05, 4.69) is 13.8 Å². The van der Waals surface area contributed by atoms with E-state index in [1.54, 1.807) is 24.3 Å². The molecule has 0 saturated carbocycles. The highest BCUT2D eigenvalue weighted by atomic mass is 16.3. The maximum absolute atomic E-state index is 12.0. The third-order valence-electron chi connectivity index (χ3n) is 3.13. The first-order chi connectivity index (χ1) is 8.40. The lowest BCUT2D eigenvalue weighted by Crippen LogP contribution is -2.22. The summed E-state index contributed by atoms with van der Waals surface area (Å²) in [6, 6.07) is 6.82. The molecule has 1 aromatic carbocycles. The summed E-state index contributed by atoms with van der Waals surface area (Å²) in [6.07, 6.45) is 0.533. The summed E-state index contributed by atoms with van der Waals surface area (Å²) in [5.41, 5.74) is 6.82. The Hall–Kier alpha value is -1.35. The molecule has 1 rings (SSSR count). The smallest absolute Gasteiger partial charge is 0.165 e. The molecule has 3 heteroatoms. The second-order valence-electron chi connectivity index (χ2n) is 5.42. The number of rotatable bonds is 6. The molecule has 0 aliphatic carbocycles. The summed E-state index contributed by atoms with van der Waals surface area (Å²) < 4.78 is 0. The standard InChI is InChI=1S/C15H23NO2/c1-10(2)8-11(3)14(17)9-15(18)12-4-6-13(16)7-5-12/h4-7,10-11,14,17H,8-9,16H2,1-3H3. The van der Waals surface area contributed by atoms with Crippen molar-refractivity contribution >= 4 is 11.5 Å². The molecule has 100 valence electrons. The van der Waals surface area contributed by atoms with Crippen molar-refractivity contribution < 1.29 is 9.90 Å². The van der Waals surface area contributed by atoms with Crippen LogP contribution in [0.2, 0.25) is 0 Å². The number of hydrogen-bond donors (Lipinski definition) is 2. The Morgan fingerprint density at radius 1 is 1.22 bits per heavy atom. The van der Waals surface area contributed by atoms with E-state index in [9.17, 15) is 9.90 Å². The van der Waals surface area contributed by atoms with E-state index < -0.39 is 6.10 Å². The first kappa shape index (κ1) is 14.7. The molecule has 3 nitrogen and oxygen atoms in total. The van der Waals surface area contributed by atoms with E-state index in [0.29, 0.717) is 17.2 Å². The summed E-state index contributed by atoms with van der Waals surface area (Å²) in [5, 5.41) is 10.0. The van der Waals surface area contributed by atoms with Crippen molar-refractivity contribution in [3.05, 3.63) is 29.8 Å². The molecular weight excluding hydrogens is 226 g/mol. The number of aliphatic hydroxyl groups is 1. The lowest BCUT2D eigenvalue weighted by molar-refractivity contribution is 0.0726. The van der Waals surface area contributed by atoms with E-state index >= 15 is 0 Å². The van der Waals surface area contributed by atoms with Crippen LogP contribution in [0.3, 0.4) is 0 Å². The number of nitrogen functional groups attached to an aromatic ring is 1. The Bertz CT molecular complexity index is 384. The average molecular weight is 249 g/mol. The molecule has 0 fully saturated rings.